The number of thioether (sulfide) groups is 1. The zero-order valence-electron chi connectivity index (χ0n) is 11.9. The number of halogens is 1. The molecular formula is C17H18ClNOS. The number of rotatable bonds is 3. The largest absolute Gasteiger partial charge is 0.497 e. The van der Waals surface area contributed by atoms with Crippen molar-refractivity contribution in [1.82, 2.24) is 0 Å². The van der Waals surface area contributed by atoms with Crippen molar-refractivity contribution in [2.24, 2.45) is 5.73 Å². The van der Waals surface area contributed by atoms with Gasteiger partial charge in [-0.15, -0.1) is 11.8 Å². The lowest BCUT2D eigenvalue weighted by atomic mass is 9.87. The van der Waals surface area contributed by atoms with Gasteiger partial charge in [-0.3, -0.25) is 0 Å². The first-order valence-corrected chi connectivity index (χ1v) is 8.28. The van der Waals surface area contributed by atoms with Crippen molar-refractivity contribution in [3.8, 4) is 5.75 Å². The van der Waals surface area contributed by atoms with Gasteiger partial charge in [-0.1, -0.05) is 17.7 Å². The van der Waals surface area contributed by atoms with Crippen molar-refractivity contribution >= 4 is 23.4 Å². The minimum Gasteiger partial charge on any atom is -0.497 e. The molecule has 0 bridgehead atoms. The molecule has 0 aromatic heterocycles. The summed E-state index contributed by atoms with van der Waals surface area (Å²) in [4.78, 5) is 1.21. The van der Waals surface area contributed by atoms with Gasteiger partial charge in [-0.2, -0.15) is 0 Å². The topological polar surface area (TPSA) is 35.2 Å². The Kier molecular flexibility index (Phi) is 4.43. The highest BCUT2D eigenvalue weighted by Crippen LogP contribution is 2.40. The van der Waals surface area contributed by atoms with Gasteiger partial charge in [0.1, 0.15) is 5.75 Å². The maximum absolute atomic E-state index is 6.49. The highest BCUT2D eigenvalue weighted by molar-refractivity contribution is 8.00. The first kappa shape index (κ1) is 14.8. The number of nitrogens with two attached hydrogens (primary N) is 1. The monoisotopic (exact) mass is 319 g/mol. The fourth-order valence-electron chi connectivity index (χ4n) is 2.74. The summed E-state index contributed by atoms with van der Waals surface area (Å²) in [7, 11) is 1.69. The van der Waals surface area contributed by atoms with Crippen molar-refractivity contribution < 1.29 is 4.74 Å². The fourth-order valence-corrected chi connectivity index (χ4v) is 4.03. The molecule has 2 unspecified atom stereocenters. The SMILES string of the molecule is COc1ccc2c(c1)C(N)C(Sc1ccc(Cl)cc1)CC2. The fraction of sp³-hybridized carbons (Fsp3) is 0.294. The highest BCUT2D eigenvalue weighted by atomic mass is 35.5. The van der Waals surface area contributed by atoms with E-state index >= 15 is 0 Å². The van der Waals surface area contributed by atoms with E-state index in [2.05, 4.69) is 24.3 Å². The van der Waals surface area contributed by atoms with Crippen LogP contribution in [0.4, 0.5) is 0 Å². The van der Waals surface area contributed by atoms with E-state index in [1.165, 1.54) is 16.0 Å². The molecule has 0 saturated heterocycles. The van der Waals surface area contributed by atoms with Gasteiger partial charge in [0.05, 0.1) is 7.11 Å². The first-order chi connectivity index (χ1) is 10.2. The average molecular weight is 320 g/mol. The van der Waals surface area contributed by atoms with Crippen molar-refractivity contribution in [2.45, 2.75) is 29.0 Å². The number of hydrogen-bond acceptors (Lipinski definition) is 3. The molecule has 0 heterocycles. The molecule has 1 aliphatic rings. The molecule has 0 fully saturated rings. The van der Waals surface area contributed by atoms with Crippen LogP contribution in [0.2, 0.25) is 5.02 Å². The van der Waals surface area contributed by atoms with Gasteiger partial charge in [0, 0.05) is 21.2 Å². The minimum atomic E-state index is 0.0320. The van der Waals surface area contributed by atoms with Crippen molar-refractivity contribution in [3.05, 3.63) is 58.6 Å². The zero-order valence-corrected chi connectivity index (χ0v) is 13.5. The van der Waals surface area contributed by atoms with Crippen molar-refractivity contribution in [2.75, 3.05) is 7.11 Å². The van der Waals surface area contributed by atoms with Crippen LogP contribution in [0, 0.1) is 0 Å². The summed E-state index contributed by atoms with van der Waals surface area (Å²) < 4.78 is 5.32. The molecular weight excluding hydrogens is 302 g/mol. The van der Waals surface area contributed by atoms with Gasteiger partial charge in [0.15, 0.2) is 0 Å². The predicted octanol–water partition coefficient (Wildman–Crippen LogP) is 4.46. The van der Waals surface area contributed by atoms with Crippen LogP contribution in [0.3, 0.4) is 0 Å². The lowest BCUT2D eigenvalue weighted by molar-refractivity contribution is 0.412. The lowest BCUT2D eigenvalue weighted by Crippen LogP contribution is -2.29. The third-order valence-corrected chi connectivity index (χ3v) is 5.54. The van der Waals surface area contributed by atoms with Crippen LogP contribution in [0.25, 0.3) is 0 Å². The second-order valence-electron chi connectivity index (χ2n) is 5.24. The van der Waals surface area contributed by atoms with E-state index in [1.807, 2.05) is 30.0 Å². The maximum Gasteiger partial charge on any atom is 0.119 e. The summed E-state index contributed by atoms with van der Waals surface area (Å²) in [5, 5.41) is 1.15. The normalized spacial score (nSPS) is 20.9. The molecule has 4 heteroatoms. The third kappa shape index (κ3) is 3.20. The molecule has 3 rings (SSSR count). The van der Waals surface area contributed by atoms with Crippen molar-refractivity contribution in [3.63, 3.8) is 0 Å². The van der Waals surface area contributed by atoms with E-state index in [0.29, 0.717) is 5.25 Å². The third-order valence-electron chi connectivity index (χ3n) is 3.91. The van der Waals surface area contributed by atoms with Crippen molar-refractivity contribution in [1.29, 1.82) is 0 Å². The van der Waals surface area contributed by atoms with Crippen LogP contribution in [0.15, 0.2) is 47.4 Å². The number of ether oxygens (including phenoxy) is 1. The summed E-state index contributed by atoms with van der Waals surface area (Å²) >= 11 is 7.77. The smallest absolute Gasteiger partial charge is 0.119 e. The molecule has 2 atom stereocenters. The number of fused-ring (bicyclic) bond motifs is 1. The van der Waals surface area contributed by atoms with Gasteiger partial charge in [0.2, 0.25) is 0 Å². The van der Waals surface area contributed by atoms with Crippen LogP contribution in [0.1, 0.15) is 23.6 Å². The van der Waals surface area contributed by atoms with Gasteiger partial charge in [-0.25, -0.2) is 0 Å². The average Bonchev–Trinajstić information content (AvgIpc) is 2.52. The Balaban J connectivity index is 1.81. The van der Waals surface area contributed by atoms with Crippen LogP contribution in [0.5, 0.6) is 5.75 Å². The van der Waals surface area contributed by atoms with E-state index in [-0.39, 0.29) is 6.04 Å². The summed E-state index contributed by atoms with van der Waals surface area (Å²) in [5.41, 5.74) is 9.05. The molecule has 110 valence electrons. The second kappa shape index (κ2) is 6.30. The van der Waals surface area contributed by atoms with Crippen LogP contribution in [-0.4, -0.2) is 12.4 Å². The molecule has 0 amide bonds. The van der Waals surface area contributed by atoms with E-state index in [0.717, 1.165) is 23.6 Å². The molecule has 2 nitrogen and oxygen atoms in total. The highest BCUT2D eigenvalue weighted by Gasteiger charge is 2.27. The van der Waals surface area contributed by atoms with Crippen LogP contribution >= 0.6 is 23.4 Å². The molecule has 0 saturated carbocycles. The Bertz CT molecular complexity index is 629. The molecule has 0 radical (unpaired) electrons. The van der Waals surface area contributed by atoms with Gasteiger partial charge >= 0.3 is 0 Å². The van der Waals surface area contributed by atoms with Gasteiger partial charge in [-0.05, 0) is 60.4 Å². The van der Waals surface area contributed by atoms with Gasteiger partial charge < -0.3 is 10.5 Å². The minimum absolute atomic E-state index is 0.0320. The van der Waals surface area contributed by atoms with Crippen LogP contribution < -0.4 is 10.5 Å². The van der Waals surface area contributed by atoms with E-state index in [9.17, 15) is 0 Å². The van der Waals surface area contributed by atoms with Crippen LogP contribution in [-0.2, 0) is 6.42 Å². The Hall–Kier alpha value is -1.16. The Morgan fingerprint density at radius 1 is 1.19 bits per heavy atom. The molecule has 2 aromatic carbocycles. The summed E-state index contributed by atoms with van der Waals surface area (Å²) in [6.07, 6.45) is 2.16. The number of benzene rings is 2. The summed E-state index contributed by atoms with van der Waals surface area (Å²) in [6, 6.07) is 14.2. The standard InChI is InChI=1S/C17H18ClNOS/c1-20-13-6-2-11-3-9-16(17(19)15(11)10-13)21-14-7-4-12(18)5-8-14/h2,4-8,10,16-17H,3,9,19H2,1H3. The first-order valence-electron chi connectivity index (χ1n) is 7.02. The molecule has 1 aliphatic carbocycles. The van der Waals surface area contributed by atoms with E-state index < -0.39 is 0 Å². The lowest BCUT2D eigenvalue weighted by Gasteiger charge is -2.31. The maximum atomic E-state index is 6.49. The number of aryl methyl sites for hydroxylation is 1. The Morgan fingerprint density at radius 2 is 1.95 bits per heavy atom. The Morgan fingerprint density at radius 3 is 2.67 bits per heavy atom. The molecule has 2 N–H and O–H groups in total. The molecule has 2 aromatic rings. The molecule has 21 heavy (non-hydrogen) atoms. The second-order valence-corrected chi connectivity index (χ2v) is 6.99. The zero-order chi connectivity index (χ0) is 14.8. The molecule has 0 spiro atoms. The van der Waals surface area contributed by atoms with E-state index in [4.69, 9.17) is 22.1 Å². The molecule has 0 aliphatic heterocycles. The quantitative estimate of drug-likeness (QED) is 0.907. The predicted molar refractivity (Wildman–Crippen MR) is 89.3 cm³/mol. The Labute approximate surface area is 134 Å². The van der Waals surface area contributed by atoms with E-state index in [1.54, 1.807) is 7.11 Å². The summed E-state index contributed by atoms with van der Waals surface area (Å²) in [5.74, 6) is 0.876. The summed E-state index contributed by atoms with van der Waals surface area (Å²) in [6.45, 7) is 0. The number of hydrogen-bond donors (Lipinski definition) is 1. The van der Waals surface area contributed by atoms with Gasteiger partial charge in [0.25, 0.3) is 0 Å². The number of methoxy groups -OCH3 is 1.